The Balaban J connectivity index is 4.02. The predicted octanol–water partition coefficient (Wildman–Crippen LogP) is 2.38. The van der Waals surface area contributed by atoms with E-state index in [-0.39, 0.29) is 0 Å². The third kappa shape index (κ3) is 2.10. The van der Waals surface area contributed by atoms with Gasteiger partial charge in [-0.15, -0.1) is 0 Å². The molecular weight excluding hydrogens is 138 g/mol. The third-order valence-corrected chi connectivity index (χ3v) is 8.38. The summed E-state index contributed by atoms with van der Waals surface area (Å²) in [6.07, 6.45) is 1.16. The molecule has 0 aliphatic heterocycles. The van der Waals surface area contributed by atoms with Crippen LogP contribution in [0.4, 0.5) is 0 Å². The Morgan fingerprint density at radius 3 is 1.70 bits per heavy atom. The lowest BCUT2D eigenvalue weighted by atomic mass is 10.5. The van der Waals surface area contributed by atoms with Crippen molar-refractivity contribution in [2.75, 3.05) is 0 Å². The number of nitrogens with two attached hydrogens (primary N) is 1. The molecule has 2 heteroatoms. The zero-order valence-electron chi connectivity index (χ0n) is 7.78. The molecule has 0 saturated carbocycles. The van der Waals surface area contributed by atoms with Crippen LogP contribution in [0.25, 0.3) is 0 Å². The van der Waals surface area contributed by atoms with Gasteiger partial charge in [0.05, 0.1) is 8.07 Å². The molecule has 10 heavy (non-hydrogen) atoms. The van der Waals surface area contributed by atoms with Gasteiger partial charge in [0.15, 0.2) is 0 Å². The highest BCUT2D eigenvalue weighted by atomic mass is 28.3. The molecular formula is C8H21NSi. The fraction of sp³-hybridized carbons (Fsp3) is 1.00. The maximum absolute atomic E-state index is 6.03. The van der Waals surface area contributed by atoms with Crippen LogP contribution in [-0.2, 0) is 0 Å². The molecule has 0 saturated heterocycles. The lowest BCUT2D eigenvalue weighted by Crippen LogP contribution is -2.48. The average Bonchev–Trinajstić information content (AvgIpc) is 2.01. The predicted molar refractivity (Wildman–Crippen MR) is 50.8 cm³/mol. The fourth-order valence-corrected chi connectivity index (χ4v) is 3.80. The molecule has 0 amide bonds. The summed E-state index contributed by atoms with van der Waals surface area (Å²) in [5, 5.41) is 0. The Bertz CT molecular complexity index is 89.3. The highest BCUT2D eigenvalue weighted by Gasteiger charge is 2.28. The summed E-state index contributed by atoms with van der Waals surface area (Å²) >= 11 is 0. The van der Waals surface area contributed by atoms with Crippen molar-refractivity contribution in [3.63, 3.8) is 0 Å². The molecule has 0 spiro atoms. The van der Waals surface area contributed by atoms with Gasteiger partial charge in [-0.2, -0.15) is 0 Å². The summed E-state index contributed by atoms with van der Waals surface area (Å²) in [5.41, 5.74) is 6.55. The SMILES string of the molecule is CCC(N)[Si](C)(CC)CC. The second-order valence-electron chi connectivity index (χ2n) is 3.38. The molecule has 0 aromatic heterocycles. The second kappa shape index (κ2) is 4.14. The van der Waals surface area contributed by atoms with Crippen LogP contribution in [0.3, 0.4) is 0 Å². The minimum Gasteiger partial charge on any atom is -0.330 e. The van der Waals surface area contributed by atoms with Gasteiger partial charge < -0.3 is 5.73 Å². The second-order valence-corrected chi connectivity index (χ2v) is 8.84. The Hall–Kier alpha value is 0.177. The van der Waals surface area contributed by atoms with Gasteiger partial charge in [0.25, 0.3) is 0 Å². The molecule has 1 atom stereocenters. The van der Waals surface area contributed by atoms with Crippen molar-refractivity contribution in [2.45, 2.75) is 51.5 Å². The van der Waals surface area contributed by atoms with E-state index in [1.54, 1.807) is 0 Å². The molecule has 0 radical (unpaired) electrons. The minimum absolute atomic E-state index is 0.516. The Labute approximate surface area is 66.0 Å². The van der Waals surface area contributed by atoms with Crippen LogP contribution < -0.4 is 5.73 Å². The molecule has 0 heterocycles. The first-order valence-electron chi connectivity index (χ1n) is 4.36. The van der Waals surface area contributed by atoms with Crippen LogP contribution in [0.2, 0.25) is 18.6 Å². The van der Waals surface area contributed by atoms with E-state index in [0.717, 1.165) is 6.42 Å². The molecule has 0 aromatic rings. The summed E-state index contributed by atoms with van der Waals surface area (Å²) in [6, 6.07) is 2.66. The number of hydrogen-bond acceptors (Lipinski definition) is 1. The van der Waals surface area contributed by atoms with Crippen molar-refractivity contribution in [2.24, 2.45) is 5.73 Å². The fourth-order valence-electron chi connectivity index (χ4n) is 1.27. The van der Waals surface area contributed by atoms with E-state index in [1.165, 1.54) is 12.1 Å². The number of rotatable bonds is 4. The van der Waals surface area contributed by atoms with Gasteiger partial charge in [0.1, 0.15) is 0 Å². The van der Waals surface area contributed by atoms with Gasteiger partial charge >= 0.3 is 0 Å². The van der Waals surface area contributed by atoms with Crippen LogP contribution in [0, 0.1) is 0 Å². The quantitative estimate of drug-likeness (QED) is 0.626. The van der Waals surface area contributed by atoms with Gasteiger partial charge in [-0.3, -0.25) is 0 Å². The van der Waals surface area contributed by atoms with Gasteiger partial charge in [-0.1, -0.05) is 39.4 Å². The van der Waals surface area contributed by atoms with Crippen molar-refractivity contribution in [3.05, 3.63) is 0 Å². The van der Waals surface area contributed by atoms with E-state index in [1.807, 2.05) is 0 Å². The molecule has 1 unspecified atom stereocenters. The first kappa shape index (κ1) is 10.2. The highest BCUT2D eigenvalue weighted by Crippen LogP contribution is 2.19. The van der Waals surface area contributed by atoms with Gasteiger partial charge in [0.2, 0.25) is 0 Å². The Morgan fingerprint density at radius 2 is 1.60 bits per heavy atom. The smallest absolute Gasteiger partial charge is 0.0687 e. The standard InChI is InChI=1S/C8H21NSi/c1-5-8(9)10(4,6-2)7-3/h8H,5-7,9H2,1-4H3. The Kier molecular flexibility index (Phi) is 4.21. The molecule has 0 fully saturated rings. The summed E-state index contributed by atoms with van der Waals surface area (Å²) < 4.78 is 0. The van der Waals surface area contributed by atoms with Gasteiger partial charge in [0, 0.05) is 0 Å². The van der Waals surface area contributed by atoms with Crippen LogP contribution in [0.5, 0.6) is 0 Å². The summed E-state index contributed by atoms with van der Waals surface area (Å²) in [4.78, 5) is 0. The van der Waals surface area contributed by atoms with E-state index < -0.39 is 8.07 Å². The highest BCUT2D eigenvalue weighted by molar-refractivity contribution is 6.79. The van der Waals surface area contributed by atoms with Crippen LogP contribution in [0.15, 0.2) is 0 Å². The zero-order valence-corrected chi connectivity index (χ0v) is 8.78. The monoisotopic (exact) mass is 159 g/mol. The van der Waals surface area contributed by atoms with E-state index in [9.17, 15) is 0 Å². The number of hydrogen-bond donors (Lipinski definition) is 1. The molecule has 0 aliphatic rings. The molecule has 2 N–H and O–H groups in total. The third-order valence-electron chi connectivity index (χ3n) is 2.95. The molecule has 0 rings (SSSR count). The van der Waals surface area contributed by atoms with Crippen molar-refractivity contribution < 1.29 is 0 Å². The van der Waals surface area contributed by atoms with Crippen LogP contribution in [-0.4, -0.2) is 13.7 Å². The lowest BCUT2D eigenvalue weighted by molar-refractivity contribution is 0.803. The normalized spacial score (nSPS) is 15.3. The van der Waals surface area contributed by atoms with Crippen LogP contribution >= 0.6 is 0 Å². The summed E-state index contributed by atoms with van der Waals surface area (Å²) in [6.45, 7) is 9.18. The van der Waals surface area contributed by atoms with Crippen molar-refractivity contribution in [3.8, 4) is 0 Å². The molecule has 0 bridgehead atoms. The van der Waals surface area contributed by atoms with Crippen molar-refractivity contribution in [1.29, 1.82) is 0 Å². The Morgan fingerprint density at radius 1 is 1.20 bits per heavy atom. The minimum atomic E-state index is -1.02. The van der Waals surface area contributed by atoms with E-state index >= 15 is 0 Å². The largest absolute Gasteiger partial charge is 0.330 e. The lowest BCUT2D eigenvalue weighted by Gasteiger charge is -2.30. The molecule has 0 aliphatic carbocycles. The molecule has 0 aromatic carbocycles. The van der Waals surface area contributed by atoms with Crippen LogP contribution in [0.1, 0.15) is 27.2 Å². The van der Waals surface area contributed by atoms with Crippen molar-refractivity contribution >= 4 is 8.07 Å². The van der Waals surface area contributed by atoms with Gasteiger partial charge in [-0.25, -0.2) is 0 Å². The zero-order chi connectivity index (χ0) is 8.20. The topological polar surface area (TPSA) is 26.0 Å². The molecule has 62 valence electrons. The first-order chi connectivity index (χ1) is 4.60. The van der Waals surface area contributed by atoms with Crippen molar-refractivity contribution in [1.82, 2.24) is 0 Å². The molecule has 1 nitrogen and oxygen atoms in total. The maximum Gasteiger partial charge on any atom is 0.0687 e. The van der Waals surface area contributed by atoms with E-state index in [4.69, 9.17) is 5.73 Å². The summed E-state index contributed by atoms with van der Waals surface area (Å²) in [5.74, 6) is 0. The van der Waals surface area contributed by atoms with E-state index in [2.05, 4.69) is 27.3 Å². The maximum atomic E-state index is 6.03. The average molecular weight is 159 g/mol. The van der Waals surface area contributed by atoms with Gasteiger partial charge in [-0.05, 0) is 12.1 Å². The first-order valence-corrected chi connectivity index (χ1v) is 7.35. The summed E-state index contributed by atoms with van der Waals surface area (Å²) in [7, 11) is -1.02. The van der Waals surface area contributed by atoms with E-state index in [0.29, 0.717) is 5.67 Å².